The highest BCUT2D eigenvalue weighted by molar-refractivity contribution is 6.33. The Morgan fingerprint density at radius 3 is 2.31 bits per heavy atom. The minimum Gasteiger partial charge on any atom is -0.495 e. The maximum atomic E-state index is 13.2. The third-order valence-electron chi connectivity index (χ3n) is 12.9. The first kappa shape index (κ1) is 47.2. The Balaban J connectivity index is 0.000000192. The molecule has 5 amide bonds. The summed E-state index contributed by atoms with van der Waals surface area (Å²) in [6, 6.07) is 7.83. The molecule has 0 bridgehead atoms. The van der Waals surface area contributed by atoms with Crippen LogP contribution in [-0.4, -0.2) is 127 Å². The standard InChI is InChI=1S/C28H35ClN6O4.C19H22N4O5/c1-17(2)35-23-8-7-19(13-18(23)14-24(27(35)37)38-16-25(36)30-3)32-26-22(29)15-31-28(33-26)34-11-9-21(10-12-34)39-20-5-4-6-20;1-10-15-11(9-13(28-2)16(10)22-7-5-20-6-8-22)18(26)23(19(15)27)12-3-4-14(24)21-17(12)25/h7-8,13-15,17,20-21H,4-6,9-12,16H2,1-3H3,(H,30,36)(H,31,32,33);9,12,20H,3-8H2,1-2H3,(H,21,24,25). The number of benzene rings is 2. The van der Waals surface area contributed by atoms with E-state index in [0.29, 0.717) is 45.9 Å². The molecule has 1 unspecified atom stereocenters. The van der Waals surface area contributed by atoms with Crippen molar-refractivity contribution in [3.05, 3.63) is 68.6 Å². The Morgan fingerprint density at radius 1 is 0.925 bits per heavy atom. The second kappa shape index (κ2) is 20.3. The average molecular weight is 941 g/mol. The van der Waals surface area contributed by atoms with Crippen molar-refractivity contribution >= 4 is 75.2 Å². The molecule has 4 fully saturated rings. The summed E-state index contributed by atoms with van der Waals surface area (Å²) in [4.78, 5) is 89.1. The van der Waals surface area contributed by atoms with Crippen LogP contribution < -0.4 is 46.1 Å². The van der Waals surface area contributed by atoms with Crippen molar-refractivity contribution in [1.29, 1.82) is 0 Å². The quantitative estimate of drug-likeness (QED) is 0.146. The second-order valence-corrected chi connectivity index (χ2v) is 17.9. The third kappa shape index (κ3) is 9.90. The molecular weight excluding hydrogens is 884 g/mol. The summed E-state index contributed by atoms with van der Waals surface area (Å²) < 4.78 is 18.9. The molecule has 4 aromatic rings. The van der Waals surface area contributed by atoms with E-state index in [0.717, 1.165) is 79.3 Å². The van der Waals surface area contributed by atoms with Crippen LogP contribution in [-0.2, 0) is 19.1 Å². The van der Waals surface area contributed by atoms with Crippen LogP contribution in [0.15, 0.2) is 41.3 Å². The van der Waals surface area contributed by atoms with Crippen molar-refractivity contribution in [3.63, 3.8) is 0 Å². The van der Waals surface area contributed by atoms with Gasteiger partial charge in [-0.05, 0) is 95.2 Å². The van der Waals surface area contributed by atoms with E-state index < -0.39 is 29.7 Å². The van der Waals surface area contributed by atoms with Gasteiger partial charge in [0.1, 0.15) is 16.8 Å². The Kier molecular flexibility index (Phi) is 14.3. The van der Waals surface area contributed by atoms with Gasteiger partial charge in [-0.1, -0.05) is 11.6 Å². The number of anilines is 4. The number of aromatic nitrogens is 3. The number of imide groups is 2. The van der Waals surface area contributed by atoms with Crippen LogP contribution in [0.25, 0.3) is 10.9 Å². The summed E-state index contributed by atoms with van der Waals surface area (Å²) in [7, 11) is 3.05. The van der Waals surface area contributed by atoms with Gasteiger partial charge in [0, 0.05) is 69.9 Å². The number of piperazine rings is 1. The molecule has 19 nitrogen and oxygen atoms in total. The first-order chi connectivity index (χ1) is 32.3. The summed E-state index contributed by atoms with van der Waals surface area (Å²) in [5.41, 5.74) is 3.24. The topological polar surface area (TPSA) is 219 Å². The lowest BCUT2D eigenvalue weighted by Gasteiger charge is -2.36. The SMILES string of the molecule is CNC(=O)COc1cc2cc(Nc3nc(N4CCC(OC5CCC5)CC4)ncc3Cl)ccc2n(C(C)C)c1=O.COc1cc2c(c(C)c1N1CCNCC1)C(=O)N(C1CCC(=O)NC1=O)C2=O. The first-order valence-corrected chi connectivity index (χ1v) is 23.3. The highest BCUT2D eigenvalue weighted by Crippen LogP contribution is 2.41. The number of pyridine rings is 1. The molecule has 4 N–H and O–H groups in total. The van der Waals surface area contributed by atoms with Crippen LogP contribution in [0.1, 0.15) is 91.1 Å². The van der Waals surface area contributed by atoms with Crippen LogP contribution in [0.4, 0.5) is 23.1 Å². The van der Waals surface area contributed by atoms with E-state index in [4.69, 9.17) is 30.8 Å². The fourth-order valence-corrected chi connectivity index (χ4v) is 9.29. The summed E-state index contributed by atoms with van der Waals surface area (Å²) in [5.74, 6) is -0.563. The number of methoxy groups -OCH3 is 1. The summed E-state index contributed by atoms with van der Waals surface area (Å²) in [6.45, 7) is 10.2. The molecule has 6 heterocycles. The molecule has 1 aliphatic carbocycles. The third-order valence-corrected chi connectivity index (χ3v) is 13.2. The maximum absolute atomic E-state index is 13.2. The van der Waals surface area contributed by atoms with Crippen molar-refractivity contribution < 1.29 is 38.2 Å². The number of rotatable bonds is 12. The van der Waals surface area contributed by atoms with Gasteiger partial charge in [-0.25, -0.2) is 4.98 Å². The predicted octanol–water partition coefficient (Wildman–Crippen LogP) is 4.25. The lowest BCUT2D eigenvalue weighted by atomic mass is 9.95. The zero-order valence-electron chi connectivity index (χ0n) is 38.4. The number of halogens is 1. The van der Waals surface area contributed by atoms with Crippen molar-refractivity contribution in [2.45, 2.75) is 90.0 Å². The van der Waals surface area contributed by atoms with E-state index in [-0.39, 0.29) is 48.3 Å². The first-order valence-electron chi connectivity index (χ1n) is 22.9. The molecule has 356 valence electrons. The van der Waals surface area contributed by atoms with E-state index in [1.807, 2.05) is 32.0 Å². The molecule has 3 saturated heterocycles. The van der Waals surface area contributed by atoms with E-state index >= 15 is 0 Å². The number of likely N-dealkylation sites (N-methyl/N-ethyl adjacent to an activating group) is 1. The lowest BCUT2D eigenvalue weighted by molar-refractivity contribution is -0.136. The zero-order chi connectivity index (χ0) is 47.5. The van der Waals surface area contributed by atoms with Crippen molar-refractivity contribution in [3.8, 4) is 11.5 Å². The van der Waals surface area contributed by atoms with Crippen LogP contribution >= 0.6 is 11.6 Å². The number of carbonyl (C=O) groups is 5. The van der Waals surface area contributed by atoms with Gasteiger partial charge < -0.3 is 44.5 Å². The van der Waals surface area contributed by atoms with Gasteiger partial charge in [0.15, 0.2) is 18.2 Å². The number of ether oxygens (including phenoxy) is 3. The largest absolute Gasteiger partial charge is 0.495 e. The lowest BCUT2D eigenvalue weighted by Crippen LogP contribution is -2.54. The Hall–Kier alpha value is -6.31. The Labute approximate surface area is 392 Å². The maximum Gasteiger partial charge on any atom is 0.293 e. The Morgan fingerprint density at radius 2 is 1.66 bits per heavy atom. The van der Waals surface area contributed by atoms with Gasteiger partial charge in [-0.2, -0.15) is 4.98 Å². The predicted molar refractivity (Wildman–Crippen MR) is 252 cm³/mol. The smallest absolute Gasteiger partial charge is 0.293 e. The van der Waals surface area contributed by atoms with E-state index in [1.165, 1.54) is 33.4 Å². The number of hydrogen-bond acceptors (Lipinski definition) is 15. The normalized spacial score (nSPS) is 18.9. The van der Waals surface area contributed by atoms with E-state index in [1.54, 1.807) is 29.8 Å². The minimum atomic E-state index is -0.974. The second-order valence-electron chi connectivity index (χ2n) is 17.5. The van der Waals surface area contributed by atoms with E-state index in [9.17, 15) is 28.8 Å². The van der Waals surface area contributed by atoms with Crippen LogP contribution in [0.3, 0.4) is 0 Å². The molecule has 1 atom stereocenters. The molecule has 4 aliphatic heterocycles. The molecule has 1 saturated carbocycles. The van der Waals surface area contributed by atoms with Gasteiger partial charge in [0.25, 0.3) is 23.3 Å². The fourth-order valence-electron chi connectivity index (χ4n) is 9.15. The van der Waals surface area contributed by atoms with Gasteiger partial charge in [-0.15, -0.1) is 0 Å². The molecular formula is C47H57ClN10O9. The minimum absolute atomic E-state index is 0.0954. The van der Waals surface area contributed by atoms with Gasteiger partial charge in [0.2, 0.25) is 17.8 Å². The molecule has 2 aromatic carbocycles. The summed E-state index contributed by atoms with van der Waals surface area (Å²) in [6.07, 6.45) is 8.16. The average Bonchev–Trinajstić information content (AvgIpc) is 3.56. The molecule has 0 spiro atoms. The van der Waals surface area contributed by atoms with Crippen molar-refractivity contribution in [2.24, 2.45) is 0 Å². The van der Waals surface area contributed by atoms with Crippen LogP contribution in [0, 0.1) is 6.92 Å². The van der Waals surface area contributed by atoms with Gasteiger partial charge in [0.05, 0.1) is 47.8 Å². The highest BCUT2D eigenvalue weighted by Gasteiger charge is 2.46. The molecule has 20 heteroatoms. The molecule has 5 aliphatic rings. The van der Waals surface area contributed by atoms with E-state index in [2.05, 4.69) is 36.1 Å². The number of piperidine rings is 2. The van der Waals surface area contributed by atoms with Crippen LogP contribution in [0.2, 0.25) is 5.02 Å². The number of amides is 5. The number of hydrogen-bond donors (Lipinski definition) is 4. The summed E-state index contributed by atoms with van der Waals surface area (Å²) in [5, 5.41) is 12.5. The Bertz CT molecular complexity index is 2640. The van der Waals surface area contributed by atoms with Crippen LogP contribution in [0.5, 0.6) is 11.5 Å². The fraction of sp³-hybridized carbons (Fsp3) is 0.489. The van der Waals surface area contributed by atoms with Gasteiger partial charge >= 0.3 is 0 Å². The number of fused-ring (bicyclic) bond motifs is 2. The number of nitrogens with zero attached hydrogens (tertiary/aromatic N) is 6. The van der Waals surface area contributed by atoms with Crippen molar-refractivity contribution in [2.75, 3.05) is 75.1 Å². The molecule has 9 rings (SSSR count). The van der Waals surface area contributed by atoms with Gasteiger partial charge in [-0.3, -0.25) is 39.0 Å². The van der Waals surface area contributed by atoms with Crippen molar-refractivity contribution in [1.82, 2.24) is 35.4 Å². The molecule has 67 heavy (non-hydrogen) atoms. The highest BCUT2D eigenvalue weighted by atomic mass is 35.5. The number of carbonyl (C=O) groups excluding carboxylic acids is 5. The molecule has 0 radical (unpaired) electrons. The number of nitrogens with one attached hydrogen (secondary N) is 4. The molecule has 2 aromatic heterocycles. The zero-order valence-corrected chi connectivity index (χ0v) is 39.2. The summed E-state index contributed by atoms with van der Waals surface area (Å²) >= 11 is 6.47. The monoisotopic (exact) mass is 940 g/mol.